The first kappa shape index (κ1) is 19.3. The van der Waals surface area contributed by atoms with Gasteiger partial charge in [0.1, 0.15) is 17.7 Å². The minimum absolute atomic E-state index is 0.0453. The third-order valence-corrected chi connectivity index (χ3v) is 4.48. The molecule has 7 nitrogen and oxygen atoms in total. The van der Waals surface area contributed by atoms with Gasteiger partial charge < -0.3 is 19.7 Å². The first-order chi connectivity index (χ1) is 11.6. The molecular formula is C18H28N2O5. The van der Waals surface area contributed by atoms with Crippen LogP contribution in [0.1, 0.15) is 53.4 Å². The number of hydrogen-bond donors (Lipinski definition) is 1. The number of carbonyl (C=O) groups excluding carboxylic acids is 3. The van der Waals surface area contributed by atoms with Gasteiger partial charge in [-0.15, -0.1) is 0 Å². The molecule has 2 aliphatic rings. The van der Waals surface area contributed by atoms with Crippen molar-refractivity contribution in [3.63, 3.8) is 0 Å². The van der Waals surface area contributed by atoms with Crippen molar-refractivity contribution in [3.8, 4) is 0 Å². The zero-order chi connectivity index (χ0) is 18.8. The van der Waals surface area contributed by atoms with Crippen LogP contribution in [0, 0.1) is 0 Å². The molecule has 0 aromatic heterocycles. The Bertz CT molecular complexity index is 579. The van der Waals surface area contributed by atoms with E-state index in [1.165, 1.54) is 7.11 Å². The number of methoxy groups -OCH3 is 1. The second-order valence-electron chi connectivity index (χ2n) is 7.70. The van der Waals surface area contributed by atoms with Crippen molar-refractivity contribution in [1.82, 2.24) is 10.2 Å². The van der Waals surface area contributed by atoms with Gasteiger partial charge in [-0.05, 0) is 53.4 Å². The molecule has 1 N–H and O–H groups in total. The number of hydrogen-bond acceptors (Lipinski definition) is 5. The van der Waals surface area contributed by atoms with Gasteiger partial charge in [-0.3, -0.25) is 4.79 Å². The zero-order valence-electron chi connectivity index (χ0n) is 15.6. The lowest BCUT2D eigenvalue weighted by Crippen LogP contribution is -2.55. The summed E-state index contributed by atoms with van der Waals surface area (Å²) in [4.78, 5) is 38.8. The predicted octanol–water partition coefficient (Wildman–Crippen LogP) is 2.15. The van der Waals surface area contributed by atoms with Gasteiger partial charge in [0.05, 0.1) is 7.11 Å². The van der Waals surface area contributed by atoms with E-state index in [1.807, 2.05) is 13.0 Å². The number of ether oxygens (including phenoxy) is 2. The Labute approximate surface area is 148 Å². The highest BCUT2D eigenvalue weighted by Crippen LogP contribution is 2.32. The van der Waals surface area contributed by atoms with E-state index in [-0.39, 0.29) is 11.9 Å². The molecule has 2 aliphatic heterocycles. The van der Waals surface area contributed by atoms with E-state index < -0.39 is 29.7 Å². The molecule has 0 radical (unpaired) electrons. The molecular weight excluding hydrogens is 324 g/mol. The minimum Gasteiger partial charge on any atom is -0.467 e. The molecule has 25 heavy (non-hydrogen) atoms. The maximum Gasteiger partial charge on any atom is 0.408 e. The Kier molecular flexibility index (Phi) is 5.75. The number of rotatable bonds is 2. The Morgan fingerprint density at radius 1 is 1.28 bits per heavy atom. The summed E-state index contributed by atoms with van der Waals surface area (Å²) < 4.78 is 10.1. The fourth-order valence-corrected chi connectivity index (χ4v) is 3.41. The Morgan fingerprint density at radius 3 is 2.56 bits per heavy atom. The van der Waals surface area contributed by atoms with E-state index in [9.17, 15) is 14.4 Å². The van der Waals surface area contributed by atoms with Crippen molar-refractivity contribution in [2.75, 3.05) is 7.11 Å². The van der Waals surface area contributed by atoms with Gasteiger partial charge in [0.2, 0.25) is 5.91 Å². The predicted molar refractivity (Wildman–Crippen MR) is 91.8 cm³/mol. The summed E-state index contributed by atoms with van der Waals surface area (Å²) in [7, 11) is 1.33. The van der Waals surface area contributed by atoms with Crippen molar-refractivity contribution in [2.24, 2.45) is 0 Å². The summed E-state index contributed by atoms with van der Waals surface area (Å²) >= 11 is 0. The quantitative estimate of drug-likeness (QED) is 0.608. The summed E-state index contributed by atoms with van der Waals surface area (Å²) in [5.74, 6) is -0.665. The van der Waals surface area contributed by atoms with Gasteiger partial charge >= 0.3 is 12.1 Å². The highest BCUT2D eigenvalue weighted by Gasteiger charge is 2.44. The molecule has 2 heterocycles. The molecule has 1 fully saturated rings. The van der Waals surface area contributed by atoms with Crippen molar-refractivity contribution in [2.45, 2.75) is 77.1 Å². The van der Waals surface area contributed by atoms with E-state index >= 15 is 0 Å². The lowest BCUT2D eigenvalue weighted by atomic mass is 9.99. The number of esters is 1. The molecule has 3 atom stereocenters. The second-order valence-corrected chi connectivity index (χ2v) is 7.70. The Hall–Kier alpha value is -2.05. The average Bonchev–Trinajstić information content (AvgIpc) is 2.90. The molecule has 0 aromatic rings. The highest BCUT2D eigenvalue weighted by atomic mass is 16.6. The van der Waals surface area contributed by atoms with Gasteiger partial charge in [-0.25, -0.2) is 9.59 Å². The van der Waals surface area contributed by atoms with E-state index in [2.05, 4.69) is 5.32 Å². The Balaban J connectivity index is 2.22. The monoisotopic (exact) mass is 352 g/mol. The fourth-order valence-electron chi connectivity index (χ4n) is 3.41. The van der Waals surface area contributed by atoms with Crippen molar-refractivity contribution < 1.29 is 23.9 Å². The number of amides is 2. The van der Waals surface area contributed by atoms with Gasteiger partial charge in [-0.1, -0.05) is 11.6 Å². The Morgan fingerprint density at radius 2 is 1.96 bits per heavy atom. The van der Waals surface area contributed by atoms with E-state index in [0.717, 1.165) is 18.4 Å². The smallest absolute Gasteiger partial charge is 0.408 e. The third-order valence-electron chi connectivity index (χ3n) is 4.48. The van der Waals surface area contributed by atoms with E-state index in [1.54, 1.807) is 25.7 Å². The fraction of sp³-hybridized carbons (Fsp3) is 0.722. The first-order valence-corrected chi connectivity index (χ1v) is 8.67. The second kappa shape index (κ2) is 7.45. The van der Waals surface area contributed by atoms with Crippen LogP contribution in [0.2, 0.25) is 0 Å². The van der Waals surface area contributed by atoms with Crippen LogP contribution in [0.15, 0.2) is 11.6 Å². The summed E-state index contributed by atoms with van der Waals surface area (Å²) in [5, 5.41) is 2.65. The van der Waals surface area contributed by atoms with Crippen LogP contribution in [0.3, 0.4) is 0 Å². The van der Waals surface area contributed by atoms with Gasteiger partial charge in [0.25, 0.3) is 0 Å². The SMILES string of the molecule is COC(=O)C1CCC2C/C(C)=C\CC(NC(=O)OC(C)(C)C)C(=O)N21. The van der Waals surface area contributed by atoms with Gasteiger partial charge in [0.15, 0.2) is 0 Å². The molecule has 2 amide bonds. The molecule has 0 spiro atoms. The summed E-state index contributed by atoms with van der Waals surface area (Å²) in [5.41, 5.74) is 0.495. The molecule has 3 unspecified atom stereocenters. The number of fused-ring (bicyclic) bond motifs is 1. The molecule has 1 saturated heterocycles. The highest BCUT2D eigenvalue weighted by molar-refractivity contribution is 5.90. The lowest BCUT2D eigenvalue weighted by molar-refractivity contribution is -0.153. The molecule has 7 heteroatoms. The van der Waals surface area contributed by atoms with E-state index in [0.29, 0.717) is 12.8 Å². The van der Waals surface area contributed by atoms with Crippen molar-refractivity contribution in [1.29, 1.82) is 0 Å². The number of nitrogens with zero attached hydrogens (tertiary/aromatic N) is 1. The van der Waals surface area contributed by atoms with Crippen LogP contribution in [0.4, 0.5) is 4.79 Å². The molecule has 0 aromatic carbocycles. The number of carbonyl (C=O) groups is 3. The zero-order valence-corrected chi connectivity index (χ0v) is 15.6. The van der Waals surface area contributed by atoms with Crippen LogP contribution in [0.5, 0.6) is 0 Å². The lowest BCUT2D eigenvalue weighted by Gasteiger charge is -2.34. The minimum atomic E-state index is -0.752. The van der Waals surface area contributed by atoms with Crippen LogP contribution < -0.4 is 5.32 Å². The van der Waals surface area contributed by atoms with E-state index in [4.69, 9.17) is 9.47 Å². The molecule has 0 saturated carbocycles. The van der Waals surface area contributed by atoms with Crippen molar-refractivity contribution >= 4 is 18.0 Å². The van der Waals surface area contributed by atoms with Crippen LogP contribution in [0.25, 0.3) is 0 Å². The normalized spacial score (nSPS) is 29.0. The maximum absolute atomic E-state index is 13.0. The summed E-state index contributed by atoms with van der Waals surface area (Å²) in [6.45, 7) is 7.30. The standard InChI is InChI=1S/C18H28N2O5/c1-11-6-8-13(19-17(23)25-18(2,3)4)15(21)20-12(10-11)7-9-14(20)16(22)24-5/h6,12-14H,7-10H2,1-5H3,(H,19,23)/b11-6-. The summed E-state index contributed by atoms with van der Waals surface area (Å²) in [6.07, 6.45) is 3.77. The topological polar surface area (TPSA) is 84.9 Å². The van der Waals surface area contributed by atoms with Crippen LogP contribution >= 0.6 is 0 Å². The van der Waals surface area contributed by atoms with Crippen molar-refractivity contribution in [3.05, 3.63) is 11.6 Å². The largest absolute Gasteiger partial charge is 0.467 e. The maximum atomic E-state index is 13.0. The average molecular weight is 352 g/mol. The summed E-state index contributed by atoms with van der Waals surface area (Å²) in [6, 6.07) is -1.38. The van der Waals surface area contributed by atoms with Gasteiger partial charge in [0, 0.05) is 6.04 Å². The molecule has 0 aliphatic carbocycles. The third kappa shape index (κ3) is 4.74. The molecule has 2 rings (SSSR count). The van der Waals surface area contributed by atoms with Gasteiger partial charge in [-0.2, -0.15) is 0 Å². The number of alkyl carbamates (subject to hydrolysis) is 1. The first-order valence-electron chi connectivity index (χ1n) is 8.67. The molecule has 140 valence electrons. The molecule has 0 bridgehead atoms. The van der Waals surface area contributed by atoms with Crippen LogP contribution in [-0.4, -0.2) is 53.7 Å². The van der Waals surface area contributed by atoms with Crippen LogP contribution in [-0.2, 0) is 19.1 Å². The number of nitrogens with one attached hydrogen (secondary N) is 1.